The van der Waals surface area contributed by atoms with Crippen LogP contribution in [0.1, 0.15) is 11.1 Å². The van der Waals surface area contributed by atoms with Crippen LogP contribution in [0.4, 0.5) is 15.8 Å². The molecule has 0 saturated heterocycles. The first kappa shape index (κ1) is 17.7. The molecule has 0 radical (unpaired) electrons. The standard InChI is InChI=1S/C22H19FN4O/c23-19-12-16(7-8-21(19)25-11-9-15-4-3-10-24-13-15)26-14-18-17-5-1-2-6-20(17)27-22(18)28/h1-8,10,12-14,25,27-28H,9,11H2. The zero-order valence-electron chi connectivity index (χ0n) is 15.1. The third-order valence-electron chi connectivity index (χ3n) is 4.47. The van der Waals surface area contributed by atoms with E-state index < -0.39 is 0 Å². The first-order valence-electron chi connectivity index (χ1n) is 8.97. The maximum absolute atomic E-state index is 14.4. The summed E-state index contributed by atoms with van der Waals surface area (Å²) in [6.07, 6.45) is 5.83. The van der Waals surface area contributed by atoms with E-state index in [9.17, 15) is 9.50 Å². The third-order valence-corrected chi connectivity index (χ3v) is 4.47. The van der Waals surface area contributed by atoms with Gasteiger partial charge in [0, 0.05) is 42.1 Å². The molecule has 28 heavy (non-hydrogen) atoms. The Hall–Kier alpha value is -3.67. The summed E-state index contributed by atoms with van der Waals surface area (Å²) in [4.78, 5) is 11.3. The van der Waals surface area contributed by atoms with Crippen molar-refractivity contribution in [3.63, 3.8) is 0 Å². The van der Waals surface area contributed by atoms with E-state index in [1.54, 1.807) is 30.7 Å². The molecule has 0 aliphatic rings. The second-order valence-electron chi connectivity index (χ2n) is 6.39. The van der Waals surface area contributed by atoms with Gasteiger partial charge in [-0.15, -0.1) is 0 Å². The molecule has 3 N–H and O–H groups in total. The minimum atomic E-state index is -0.371. The van der Waals surface area contributed by atoms with E-state index in [-0.39, 0.29) is 11.7 Å². The molecule has 0 aliphatic heterocycles. The number of halogens is 1. The Morgan fingerprint density at radius 3 is 2.86 bits per heavy atom. The Morgan fingerprint density at radius 1 is 1.14 bits per heavy atom. The Labute approximate surface area is 161 Å². The SMILES string of the molecule is Oc1[nH]c2ccccc2c1C=Nc1ccc(NCCc2cccnc2)c(F)c1. The molecule has 6 heteroatoms. The fourth-order valence-electron chi connectivity index (χ4n) is 3.03. The molecule has 0 spiro atoms. The van der Waals surface area contributed by atoms with Crippen molar-refractivity contribution in [3.05, 3.63) is 83.9 Å². The van der Waals surface area contributed by atoms with Gasteiger partial charge in [-0.25, -0.2) is 4.39 Å². The number of para-hydroxylation sites is 1. The van der Waals surface area contributed by atoms with Crippen molar-refractivity contribution in [2.24, 2.45) is 4.99 Å². The number of anilines is 1. The number of rotatable bonds is 6. The van der Waals surface area contributed by atoms with Gasteiger partial charge < -0.3 is 15.4 Å². The van der Waals surface area contributed by atoms with Crippen LogP contribution in [-0.4, -0.2) is 27.8 Å². The number of benzene rings is 2. The lowest BCUT2D eigenvalue weighted by Crippen LogP contribution is -2.06. The molecule has 0 saturated carbocycles. The number of aromatic nitrogens is 2. The van der Waals surface area contributed by atoms with Crippen LogP contribution in [0, 0.1) is 5.82 Å². The molecule has 4 aromatic rings. The molecule has 0 fully saturated rings. The van der Waals surface area contributed by atoms with Gasteiger partial charge in [0.15, 0.2) is 5.88 Å². The van der Waals surface area contributed by atoms with E-state index in [0.29, 0.717) is 23.5 Å². The zero-order valence-corrected chi connectivity index (χ0v) is 15.1. The third kappa shape index (κ3) is 3.86. The quantitative estimate of drug-likeness (QED) is 0.424. The zero-order chi connectivity index (χ0) is 19.3. The lowest BCUT2D eigenvalue weighted by atomic mass is 10.2. The monoisotopic (exact) mass is 374 g/mol. The van der Waals surface area contributed by atoms with Crippen LogP contribution < -0.4 is 5.32 Å². The Kier molecular flexibility index (Phi) is 5.01. The topological polar surface area (TPSA) is 73.3 Å². The number of hydrogen-bond donors (Lipinski definition) is 3. The Morgan fingerprint density at radius 2 is 2.04 bits per heavy atom. The molecule has 2 aromatic heterocycles. The molecule has 0 bridgehead atoms. The van der Waals surface area contributed by atoms with E-state index in [1.807, 2.05) is 36.4 Å². The van der Waals surface area contributed by atoms with Gasteiger partial charge in [0.2, 0.25) is 0 Å². The van der Waals surface area contributed by atoms with Gasteiger partial charge in [-0.2, -0.15) is 0 Å². The highest BCUT2D eigenvalue weighted by Gasteiger charge is 2.08. The van der Waals surface area contributed by atoms with Crippen molar-refractivity contribution in [2.75, 3.05) is 11.9 Å². The average molecular weight is 374 g/mol. The maximum Gasteiger partial charge on any atom is 0.198 e. The van der Waals surface area contributed by atoms with Crippen molar-refractivity contribution in [2.45, 2.75) is 6.42 Å². The highest BCUT2D eigenvalue weighted by molar-refractivity contribution is 6.02. The van der Waals surface area contributed by atoms with Crippen molar-refractivity contribution >= 4 is 28.5 Å². The first-order valence-corrected chi connectivity index (χ1v) is 8.97. The van der Waals surface area contributed by atoms with Gasteiger partial charge in [-0.3, -0.25) is 9.98 Å². The molecular formula is C22H19FN4O. The average Bonchev–Trinajstić information content (AvgIpc) is 3.04. The van der Waals surface area contributed by atoms with E-state index in [0.717, 1.165) is 22.9 Å². The first-order chi connectivity index (χ1) is 13.7. The lowest BCUT2D eigenvalue weighted by Gasteiger charge is -2.08. The van der Waals surface area contributed by atoms with Gasteiger partial charge in [0.25, 0.3) is 0 Å². The Bertz CT molecular complexity index is 1120. The van der Waals surface area contributed by atoms with Gasteiger partial charge in [0.1, 0.15) is 5.82 Å². The second-order valence-corrected chi connectivity index (χ2v) is 6.39. The summed E-state index contributed by atoms with van der Waals surface area (Å²) in [5.41, 5.74) is 3.39. The highest BCUT2D eigenvalue weighted by atomic mass is 19.1. The minimum Gasteiger partial charge on any atom is -0.494 e. The molecule has 0 atom stereocenters. The van der Waals surface area contributed by atoms with E-state index in [2.05, 4.69) is 20.3 Å². The molecule has 2 heterocycles. The number of hydrogen-bond acceptors (Lipinski definition) is 4. The molecule has 2 aromatic carbocycles. The van der Waals surface area contributed by atoms with Crippen molar-refractivity contribution < 1.29 is 9.50 Å². The molecule has 4 rings (SSSR count). The van der Waals surface area contributed by atoms with Crippen LogP contribution in [0.5, 0.6) is 5.88 Å². The summed E-state index contributed by atoms with van der Waals surface area (Å²) < 4.78 is 14.4. The van der Waals surface area contributed by atoms with E-state index in [1.165, 1.54) is 6.07 Å². The smallest absolute Gasteiger partial charge is 0.198 e. The second kappa shape index (κ2) is 7.92. The Balaban J connectivity index is 1.45. The van der Waals surface area contributed by atoms with Crippen LogP contribution in [0.2, 0.25) is 0 Å². The predicted octanol–water partition coefficient (Wildman–Crippen LogP) is 4.81. The van der Waals surface area contributed by atoms with Crippen molar-refractivity contribution in [1.29, 1.82) is 0 Å². The molecular weight excluding hydrogens is 355 g/mol. The van der Waals surface area contributed by atoms with Crippen LogP contribution in [-0.2, 0) is 6.42 Å². The predicted molar refractivity (Wildman–Crippen MR) is 110 cm³/mol. The van der Waals surface area contributed by atoms with Gasteiger partial charge in [-0.05, 0) is 36.2 Å². The number of nitrogens with zero attached hydrogens (tertiary/aromatic N) is 2. The fraction of sp³-hybridized carbons (Fsp3) is 0.0909. The summed E-state index contributed by atoms with van der Waals surface area (Å²) in [5.74, 6) is -0.330. The lowest BCUT2D eigenvalue weighted by molar-refractivity contribution is 0.457. The fourth-order valence-corrected chi connectivity index (χ4v) is 3.03. The van der Waals surface area contributed by atoms with Crippen LogP contribution >= 0.6 is 0 Å². The van der Waals surface area contributed by atoms with Gasteiger partial charge >= 0.3 is 0 Å². The number of nitrogens with one attached hydrogen (secondary N) is 2. The van der Waals surface area contributed by atoms with Crippen molar-refractivity contribution in [1.82, 2.24) is 9.97 Å². The summed E-state index contributed by atoms with van der Waals surface area (Å²) in [6.45, 7) is 0.606. The van der Waals surface area contributed by atoms with Gasteiger partial charge in [-0.1, -0.05) is 24.3 Å². The summed E-state index contributed by atoms with van der Waals surface area (Å²) in [6, 6.07) is 16.2. The molecule has 0 amide bonds. The van der Waals surface area contributed by atoms with Crippen LogP contribution in [0.3, 0.4) is 0 Å². The van der Waals surface area contributed by atoms with Gasteiger partial charge in [0.05, 0.1) is 16.9 Å². The number of aliphatic imine (C=N–C) groups is 1. The molecule has 140 valence electrons. The maximum atomic E-state index is 14.4. The summed E-state index contributed by atoms with van der Waals surface area (Å²) in [7, 11) is 0. The summed E-state index contributed by atoms with van der Waals surface area (Å²) >= 11 is 0. The summed E-state index contributed by atoms with van der Waals surface area (Å²) in [5, 5.41) is 14.0. The number of H-pyrrole nitrogens is 1. The normalized spacial score (nSPS) is 11.3. The van der Waals surface area contributed by atoms with E-state index in [4.69, 9.17) is 0 Å². The number of fused-ring (bicyclic) bond motifs is 1. The highest BCUT2D eigenvalue weighted by Crippen LogP contribution is 2.27. The van der Waals surface area contributed by atoms with Crippen LogP contribution in [0.25, 0.3) is 10.9 Å². The van der Waals surface area contributed by atoms with Crippen LogP contribution in [0.15, 0.2) is 72.0 Å². The largest absolute Gasteiger partial charge is 0.494 e. The minimum absolute atomic E-state index is 0.0408. The number of aromatic hydroxyl groups is 1. The number of aromatic amines is 1. The molecule has 0 aliphatic carbocycles. The molecule has 0 unspecified atom stereocenters. The van der Waals surface area contributed by atoms with Crippen molar-refractivity contribution in [3.8, 4) is 5.88 Å². The number of pyridine rings is 1. The molecule has 5 nitrogen and oxygen atoms in total. The van der Waals surface area contributed by atoms with E-state index >= 15 is 0 Å².